The highest BCUT2D eigenvalue weighted by Gasteiger charge is 2.40. The Morgan fingerprint density at radius 2 is 1.85 bits per heavy atom. The second-order valence-electron chi connectivity index (χ2n) is 7.76. The fraction of sp³-hybridized carbons (Fsp3) is 0.435. The molecule has 0 amide bonds. The molecule has 1 spiro atoms. The predicted octanol–water partition coefficient (Wildman–Crippen LogP) is 6.29. The molecule has 2 aromatic carbocycles. The molecular formula is C23H27ClN2. The zero-order valence-electron chi connectivity index (χ0n) is 15.3. The number of hydrogen-bond acceptors (Lipinski definition) is 1. The van der Waals surface area contributed by atoms with Gasteiger partial charge in [0.1, 0.15) is 5.84 Å². The third kappa shape index (κ3) is 3.81. The first-order chi connectivity index (χ1) is 12.8. The van der Waals surface area contributed by atoms with Crippen LogP contribution in [0.3, 0.4) is 0 Å². The number of aryl methyl sites for hydroxylation is 1. The summed E-state index contributed by atoms with van der Waals surface area (Å²) < 4.78 is 0. The SMILES string of the molecule is Clc1cccc(CCCN=C2Nc3ccccc3CC23CCCCC3)c1. The molecule has 0 saturated heterocycles. The third-order valence-corrected chi connectivity index (χ3v) is 6.13. The maximum atomic E-state index is 6.09. The van der Waals surface area contributed by atoms with Gasteiger partial charge in [-0.05, 0) is 61.4 Å². The van der Waals surface area contributed by atoms with E-state index in [9.17, 15) is 0 Å². The minimum absolute atomic E-state index is 0.239. The molecular weight excluding hydrogens is 340 g/mol. The zero-order chi connectivity index (χ0) is 17.8. The Balaban J connectivity index is 1.48. The van der Waals surface area contributed by atoms with E-state index in [1.165, 1.54) is 54.8 Å². The molecule has 136 valence electrons. The minimum atomic E-state index is 0.239. The standard InChI is InChI=1S/C23H27ClN2/c24-20-11-6-8-18(16-20)9-7-15-25-22-23(13-4-1-5-14-23)17-19-10-2-3-12-21(19)26-22/h2-3,6,8,10-12,16H,1,4-5,7,9,13-15,17H2,(H,25,26). The average molecular weight is 367 g/mol. The number of rotatable bonds is 4. The lowest BCUT2D eigenvalue weighted by Crippen LogP contribution is -2.43. The smallest absolute Gasteiger partial charge is 0.107 e. The number of nitrogens with one attached hydrogen (secondary N) is 1. The molecule has 1 aliphatic heterocycles. The molecule has 0 unspecified atom stereocenters. The predicted molar refractivity (Wildman–Crippen MR) is 111 cm³/mol. The summed E-state index contributed by atoms with van der Waals surface area (Å²) in [4.78, 5) is 5.07. The Morgan fingerprint density at radius 1 is 1.00 bits per heavy atom. The second kappa shape index (κ2) is 7.84. The van der Waals surface area contributed by atoms with E-state index in [4.69, 9.17) is 16.6 Å². The lowest BCUT2D eigenvalue weighted by Gasteiger charge is -2.42. The average Bonchev–Trinajstić information content (AvgIpc) is 2.66. The lowest BCUT2D eigenvalue weighted by molar-refractivity contribution is 0.278. The van der Waals surface area contributed by atoms with Crippen molar-refractivity contribution < 1.29 is 0 Å². The molecule has 3 heteroatoms. The third-order valence-electron chi connectivity index (χ3n) is 5.89. The summed E-state index contributed by atoms with van der Waals surface area (Å²) in [5.41, 5.74) is 4.24. The van der Waals surface area contributed by atoms with Crippen molar-refractivity contribution in [3.8, 4) is 0 Å². The van der Waals surface area contributed by atoms with Crippen molar-refractivity contribution in [2.24, 2.45) is 10.4 Å². The van der Waals surface area contributed by atoms with Crippen LogP contribution >= 0.6 is 11.6 Å². The molecule has 0 radical (unpaired) electrons. The topological polar surface area (TPSA) is 24.4 Å². The van der Waals surface area contributed by atoms with Crippen molar-refractivity contribution in [2.75, 3.05) is 11.9 Å². The van der Waals surface area contributed by atoms with Gasteiger partial charge in [-0.2, -0.15) is 0 Å². The summed E-state index contributed by atoms with van der Waals surface area (Å²) in [6, 6.07) is 16.9. The van der Waals surface area contributed by atoms with Gasteiger partial charge >= 0.3 is 0 Å². The van der Waals surface area contributed by atoms with Gasteiger partial charge in [-0.3, -0.25) is 4.99 Å². The van der Waals surface area contributed by atoms with Crippen molar-refractivity contribution in [1.82, 2.24) is 0 Å². The molecule has 1 fully saturated rings. The monoisotopic (exact) mass is 366 g/mol. The first-order valence-electron chi connectivity index (χ1n) is 9.90. The van der Waals surface area contributed by atoms with E-state index < -0.39 is 0 Å². The summed E-state index contributed by atoms with van der Waals surface area (Å²) >= 11 is 6.09. The van der Waals surface area contributed by atoms with Gasteiger partial charge in [0.25, 0.3) is 0 Å². The van der Waals surface area contributed by atoms with E-state index in [1.54, 1.807) is 0 Å². The van der Waals surface area contributed by atoms with E-state index >= 15 is 0 Å². The Hall–Kier alpha value is -1.80. The number of halogens is 1. The van der Waals surface area contributed by atoms with Gasteiger partial charge in [0.2, 0.25) is 0 Å². The van der Waals surface area contributed by atoms with Crippen molar-refractivity contribution in [3.05, 3.63) is 64.7 Å². The van der Waals surface area contributed by atoms with Crippen LogP contribution < -0.4 is 5.32 Å². The molecule has 2 aliphatic rings. The van der Waals surface area contributed by atoms with E-state index in [-0.39, 0.29) is 5.41 Å². The maximum absolute atomic E-state index is 6.09. The van der Waals surface area contributed by atoms with Crippen LogP contribution in [0.4, 0.5) is 5.69 Å². The highest BCUT2D eigenvalue weighted by Crippen LogP contribution is 2.44. The summed E-state index contributed by atoms with van der Waals surface area (Å²) in [7, 11) is 0. The number of anilines is 1. The zero-order valence-corrected chi connectivity index (χ0v) is 16.1. The Bertz CT molecular complexity index is 790. The number of aliphatic imine (C=N–C) groups is 1. The molecule has 0 aromatic heterocycles. The number of nitrogens with zero attached hydrogens (tertiary/aromatic N) is 1. The van der Waals surface area contributed by atoms with Crippen LogP contribution in [-0.2, 0) is 12.8 Å². The molecule has 0 atom stereocenters. The van der Waals surface area contributed by atoms with Crippen molar-refractivity contribution >= 4 is 23.1 Å². The van der Waals surface area contributed by atoms with E-state index in [1.807, 2.05) is 12.1 Å². The molecule has 2 aromatic rings. The molecule has 1 aliphatic carbocycles. The van der Waals surface area contributed by atoms with Crippen LogP contribution in [-0.4, -0.2) is 12.4 Å². The number of benzene rings is 2. The van der Waals surface area contributed by atoms with Crippen molar-refractivity contribution in [2.45, 2.75) is 51.4 Å². The van der Waals surface area contributed by atoms with Gasteiger partial charge in [0, 0.05) is 22.7 Å². The Kier molecular flexibility index (Phi) is 5.31. The number of para-hydroxylation sites is 1. The number of amidine groups is 1. The van der Waals surface area contributed by atoms with Crippen LogP contribution in [0.5, 0.6) is 0 Å². The normalized spacial score (nSPS) is 20.0. The lowest BCUT2D eigenvalue weighted by atomic mass is 9.67. The van der Waals surface area contributed by atoms with Gasteiger partial charge in [0.05, 0.1) is 0 Å². The van der Waals surface area contributed by atoms with Crippen molar-refractivity contribution in [3.63, 3.8) is 0 Å². The Labute approximate surface area is 161 Å². The maximum Gasteiger partial charge on any atom is 0.107 e. The quantitative estimate of drug-likeness (QED) is 0.631. The molecule has 0 bridgehead atoms. The van der Waals surface area contributed by atoms with Gasteiger partial charge < -0.3 is 5.32 Å². The molecule has 1 saturated carbocycles. The first-order valence-corrected chi connectivity index (χ1v) is 10.3. The molecule has 1 heterocycles. The van der Waals surface area contributed by atoms with Crippen LogP contribution in [0.2, 0.25) is 5.02 Å². The summed E-state index contributed by atoms with van der Waals surface area (Å²) in [6.07, 6.45) is 9.78. The second-order valence-corrected chi connectivity index (χ2v) is 8.20. The van der Waals surface area contributed by atoms with Gasteiger partial charge in [0.15, 0.2) is 0 Å². The van der Waals surface area contributed by atoms with Crippen LogP contribution in [0.15, 0.2) is 53.5 Å². The van der Waals surface area contributed by atoms with Crippen molar-refractivity contribution in [1.29, 1.82) is 0 Å². The van der Waals surface area contributed by atoms with Gasteiger partial charge in [-0.25, -0.2) is 0 Å². The number of fused-ring (bicyclic) bond motifs is 1. The highest BCUT2D eigenvalue weighted by molar-refractivity contribution is 6.30. The van der Waals surface area contributed by atoms with E-state index in [0.29, 0.717) is 0 Å². The molecule has 2 nitrogen and oxygen atoms in total. The molecule has 4 rings (SSSR count). The number of hydrogen-bond donors (Lipinski definition) is 1. The summed E-state index contributed by atoms with van der Waals surface area (Å²) in [5.74, 6) is 1.24. The first kappa shape index (κ1) is 17.6. The Morgan fingerprint density at radius 3 is 2.69 bits per heavy atom. The van der Waals surface area contributed by atoms with Crippen LogP contribution in [0.25, 0.3) is 0 Å². The van der Waals surface area contributed by atoms with E-state index in [0.717, 1.165) is 30.8 Å². The van der Waals surface area contributed by atoms with Gasteiger partial charge in [-0.15, -0.1) is 0 Å². The summed E-state index contributed by atoms with van der Waals surface area (Å²) in [5, 5.41) is 4.51. The largest absolute Gasteiger partial charge is 0.343 e. The highest BCUT2D eigenvalue weighted by atomic mass is 35.5. The fourth-order valence-corrected chi connectivity index (χ4v) is 4.73. The molecule has 26 heavy (non-hydrogen) atoms. The van der Waals surface area contributed by atoms with Crippen LogP contribution in [0, 0.1) is 5.41 Å². The van der Waals surface area contributed by atoms with E-state index in [2.05, 4.69) is 41.7 Å². The fourth-order valence-electron chi connectivity index (χ4n) is 4.52. The molecule has 1 N–H and O–H groups in total. The van der Waals surface area contributed by atoms with Crippen LogP contribution in [0.1, 0.15) is 49.7 Å². The van der Waals surface area contributed by atoms with Gasteiger partial charge in [-0.1, -0.05) is 61.2 Å². The summed E-state index contributed by atoms with van der Waals surface area (Å²) in [6.45, 7) is 0.874. The minimum Gasteiger partial charge on any atom is -0.343 e.